The summed E-state index contributed by atoms with van der Waals surface area (Å²) >= 11 is 0. The van der Waals surface area contributed by atoms with E-state index in [-0.39, 0.29) is 19.1 Å². The van der Waals surface area contributed by atoms with E-state index in [9.17, 15) is 9.59 Å². The number of hydrogen-bond acceptors (Lipinski definition) is 4. The molecule has 2 heterocycles. The van der Waals surface area contributed by atoms with Crippen LogP contribution in [-0.2, 0) is 14.3 Å². The molecule has 1 fully saturated rings. The molecule has 1 aliphatic rings. The summed E-state index contributed by atoms with van der Waals surface area (Å²) in [6.45, 7) is 0.651. The average Bonchev–Trinajstić information content (AvgIpc) is 2.89. The Balaban J connectivity index is 2.04. The molecular formula is C12H13NO5. The minimum Gasteiger partial charge on any atom is -0.480 e. The number of ether oxygens (including phenoxy) is 1. The summed E-state index contributed by atoms with van der Waals surface area (Å²) in [6.07, 6.45) is 4.32. The first kappa shape index (κ1) is 12.4. The maximum atomic E-state index is 11.9. The summed E-state index contributed by atoms with van der Waals surface area (Å²) in [5, 5.41) is 8.99. The molecule has 0 saturated carbocycles. The van der Waals surface area contributed by atoms with Crippen molar-refractivity contribution in [2.45, 2.75) is 6.04 Å². The van der Waals surface area contributed by atoms with Gasteiger partial charge in [0, 0.05) is 12.6 Å². The Labute approximate surface area is 103 Å². The fraction of sp³-hybridized carbons (Fsp3) is 0.333. The van der Waals surface area contributed by atoms with E-state index in [2.05, 4.69) is 0 Å². The lowest BCUT2D eigenvalue weighted by atomic mass is 10.2. The number of nitrogens with zero attached hydrogens (tertiary/aromatic N) is 1. The monoisotopic (exact) mass is 251 g/mol. The van der Waals surface area contributed by atoms with Crippen molar-refractivity contribution in [3.63, 3.8) is 0 Å². The molecule has 0 bridgehead atoms. The number of morpholine rings is 1. The van der Waals surface area contributed by atoms with Crippen LogP contribution in [0.3, 0.4) is 0 Å². The second kappa shape index (κ2) is 5.50. The molecule has 0 radical (unpaired) electrons. The predicted molar refractivity (Wildman–Crippen MR) is 61.7 cm³/mol. The van der Waals surface area contributed by atoms with E-state index in [4.69, 9.17) is 14.3 Å². The average molecular weight is 251 g/mol. The number of carbonyl (C=O) groups is 2. The summed E-state index contributed by atoms with van der Waals surface area (Å²) < 4.78 is 10.1. The lowest BCUT2D eigenvalue weighted by Gasteiger charge is -2.31. The van der Waals surface area contributed by atoms with Gasteiger partial charge in [0.1, 0.15) is 5.76 Å². The number of carbonyl (C=O) groups excluding carboxylic acids is 1. The topological polar surface area (TPSA) is 80.0 Å². The Bertz CT molecular complexity index is 451. The van der Waals surface area contributed by atoms with E-state index in [0.717, 1.165) is 0 Å². The molecule has 6 heteroatoms. The van der Waals surface area contributed by atoms with E-state index >= 15 is 0 Å². The van der Waals surface area contributed by atoms with Crippen molar-refractivity contribution in [1.29, 1.82) is 0 Å². The fourth-order valence-corrected chi connectivity index (χ4v) is 1.71. The second-order valence-corrected chi connectivity index (χ2v) is 3.81. The summed E-state index contributed by atoms with van der Waals surface area (Å²) in [4.78, 5) is 24.2. The van der Waals surface area contributed by atoms with Gasteiger partial charge in [0.05, 0.1) is 19.5 Å². The molecular weight excluding hydrogens is 238 g/mol. The van der Waals surface area contributed by atoms with Crippen molar-refractivity contribution < 1.29 is 23.8 Å². The van der Waals surface area contributed by atoms with Gasteiger partial charge in [-0.2, -0.15) is 0 Å². The Morgan fingerprint density at radius 3 is 3.00 bits per heavy atom. The van der Waals surface area contributed by atoms with E-state index in [0.29, 0.717) is 12.4 Å². The quantitative estimate of drug-likeness (QED) is 0.796. The van der Waals surface area contributed by atoms with Gasteiger partial charge in [0.15, 0.2) is 6.04 Å². The van der Waals surface area contributed by atoms with Crippen LogP contribution in [-0.4, -0.2) is 47.7 Å². The zero-order valence-electron chi connectivity index (χ0n) is 9.61. The standard InChI is InChI=1S/C12H13NO5/c14-11(4-3-9-2-1-6-18-9)13-5-7-17-8-10(13)12(15)16/h1-4,6,10H,5,7-8H2,(H,15,16)/b4-3+. The molecule has 0 aliphatic carbocycles. The molecule has 6 nitrogen and oxygen atoms in total. The highest BCUT2D eigenvalue weighted by molar-refractivity contribution is 5.94. The minimum absolute atomic E-state index is 0.0235. The number of hydrogen-bond donors (Lipinski definition) is 1. The van der Waals surface area contributed by atoms with Gasteiger partial charge in [-0.3, -0.25) is 4.79 Å². The van der Waals surface area contributed by atoms with Crippen molar-refractivity contribution >= 4 is 18.0 Å². The van der Waals surface area contributed by atoms with Gasteiger partial charge in [-0.1, -0.05) is 0 Å². The Hall–Kier alpha value is -2.08. The molecule has 1 aromatic heterocycles. The van der Waals surface area contributed by atoms with Gasteiger partial charge in [-0.25, -0.2) is 4.79 Å². The smallest absolute Gasteiger partial charge is 0.328 e. The van der Waals surface area contributed by atoms with Crippen molar-refractivity contribution in [3.05, 3.63) is 30.2 Å². The largest absolute Gasteiger partial charge is 0.480 e. The molecule has 1 atom stereocenters. The Kier molecular flexibility index (Phi) is 3.78. The number of furan rings is 1. The molecule has 1 amide bonds. The maximum Gasteiger partial charge on any atom is 0.328 e. The van der Waals surface area contributed by atoms with Gasteiger partial charge in [-0.15, -0.1) is 0 Å². The van der Waals surface area contributed by atoms with Crippen LogP contribution < -0.4 is 0 Å². The van der Waals surface area contributed by atoms with Crippen molar-refractivity contribution in [2.24, 2.45) is 0 Å². The Morgan fingerprint density at radius 2 is 2.33 bits per heavy atom. The fourth-order valence-electron chi connectivity index (χ4n) is 1.71. The van der Waals surface area contributed by atoms with Crippen LogP contribution in [0.15, 0.2) is 28.9 Å². The molecule has 96 valence electrons. The normalized spacial score (nSPS) is 20.2. The number of amides is 1. The van der Waals surface area contributed by atoms with Gasteiger partial charge in [0.2, 0.25) is 5.91 Å². The highest BCUT2D eigenvalue weighted by Crippen LogP contribution is 2.09. The van der Waals surface area contributed by atoms with E-state index < -0.39 is 12.0 Å². The van der Waals surface area contributed by atoms with Crippen molar-refractivity contribution in [2.75, 3.05) is 19.8 Å². The second-order valence-electron chi connectivity index (χ2n) is 3.81. The molecule has 2 rings (SSSR count). The van der Waals surface area contributed by atoms with E-state index in [1.807, 2.05) is 0 Å². The minimum atomic E-state index is -1.06. The van der Waals surface area contributed by atoms with Gasteiger partial charge in [0.25, 0.3) is 0 Å². The third-order valence-electron chi connectivity index (χ3n) is 2.63. The lowest BCUT2D eigenvalue weighted by Crippen LogP contribution is -2.52. The molecule has 0 aromatic carbocycles. The summed E-state index contributed by atoms with van der Waals surface area (Å²) in [5.41, 5.74) is 0. The SMILES string of the molecule is O=C(O)C1COCCN1C(=O)/C=C/c1ccco1. The van der Waals surface area contributed by atoms with Gasteiger partial charge in [-0.05, 0) is 18.2 Å². The van der Waals surface area contributed by atoms with Crippen LogP contribution in [0.1, 0.15) is 5.76 Å². The van der Waals surface area contributed by atoms with Crippen molar-refractivity contribution in [3.8, 4) is 0 Å². The molecule has 1 aromatic rings. The summed E-state index contributed by atoms with van der Waals surface area (Å²) in [6, 6.07) is 2.49. The summed E-state index contributed by atoms with van der Waals surface area (Å²) in [7, 11) is 0. The number of carboxylic acid groups (broad SMARTS) is 1. The first-order valence-corrected chi connectivity index (χ1v) is 5.51. The van der Waals surface area contributed by atoms with Crippen molar-refractivity contribution in [1.82, 2.24) is 4.90 Å². The first-order valence-electron chi connectivity index (χ1n) is 5.51. The number of carboxylic acids is 1. The first-order chi connectivity index (χ1) is 8.68. The summed E-state index contributed by atoms with van der Waals surface area (Å²) in [5.74, 6) is -0.875. The van der Waals surface area contributed by atoms with Crippen LogP contribution in [0.25, 0.3) is 6.08 Å². The van der Waals surface area contributed by atoms with Gasteiger partial charge >= 0.3 is 5.97 Å². The Morgan fingerprint density at radius 1 is 1.50 bits per heavy atom. The third kappa shape index (κ3) is 2.78. The number of rotatable bonds is 3. The highest BCUT2D eigenvalue weighted by Gasteiger charge is 2.31. The van der Waals surface area contributed by atoms with E-state index in [1.54, 1.807) is 12.1 Å². The molecule has 0 spiro atoms. The van der Waals surface area contributed by atoms with Crippen LogP contribution >= 0.6 is 0 Å². The zero-order chi connectivity index (χ0) is 13.0. The van der Waals surface area contributed by atoms with Gasteiger partial charge < -0.3 is 19.2 Å². The molecule has 1 aliphatic heterocycles. The van der Waals surface area contributed by atoms with Crippen LogP contribution in [0, 0.1) is 0 Å². The highest BCUT2D eigenvalue weighted by atomic mass is 16.5. The molecule has 1 N–H and O–H groups in total. The molecule has 1 unspecified atom stereocenters. The lowest BCUT2D eigenvalue weighted by molar-refractivity contribution is -0.156. The van der Waals surface area contributed by atoms with Crippen LogP contribution in [0.5, 0.6) is 0 Å². The predicted octanol–water partition coefficient (Wildman–Crippen LogP) is 0.605. The van der Waals surface area contributed by atoms with Crippen LogP contribution in [0.4, 0.5) is 0 Å². The molecule has 18 heavy (non-hydrogen) atoms. The third-order valence-corrected chi connectivity index (χ3v) is 2.63. The van der Waals surface area contributed by atoms with Crippen LogP contribution in [0.2, 0.25) is 0 Å². The zero-order valence-corrected chi connectivity index (χ0v) is 9.61. The van der Waals surface area contributed by atoms with E-state index in [1.165, 1.54) is 23.3 Å². The number of aliphatic carboxylic acids is 1. The molecule has 1 saturated heterocycles. The maximum absolute atomic E-state index is 11.9.